The lowest BCUT2D eigenvalue weighted by atomic mass is 9.82. The van der Waals surface area contributed by atoms with Crippen LogP contribution >= 0.6 is 15.9 Å². The topological polar surface area (TPSA) is 32.3 Å². The Labute approximate surface area is 135 Å². The van der Waals surface area contributed by atoms with E-state index in [9.17, 15) is 5.11 Å². The van der Waals surface area contributed by atoms with Crippen molar-refractivity contribution in [3.05, 3.63) is 64.6 Å². The number of hydrogen-bond donors (Lipinski definition) is 2. The summed E-state index contributed by atoms with van der Waals surface area (Å²) in [4.78, 5) is 0. The fourth-order valence-electron chi connectivity index (χ4n) is 2.71. The maximum atomic E-state index is 10.2. The Hall–Kier alpha value is -1.32. The highest BCUT2D eigenvalue weighted by Crippen LogP contribution is 2.35. The van der Waals surface area contributed by atoms with E-state index >= 15 is 0 Å². The van der Waals surface area contributed by atoms with E-state index in [1.54, 1.807) is 0 Å². The number of aliphatic hydroxyl groups is 1. The third kappa shape index (κ3) is 3.86. The third-order valence-electron chi connectivity index (χ3n) is 3.60. The van der Waals surface area contributed by atoms with Gasteiger partial charge in [0.25, 0.3) is 0 Å². The fraction of sp³-hybridized carbons (Fsp3) is 0.333. The van der Waals surface area contributed by atoms with Crippen LogP contribution in [0.4, 0.5) is 5.69 Å². The first kappa shape index (κ1) is 16.1. The molecule has 1 unspecified atom stereocenters. The highest BCUT2D eigenvalue weighted by Gasteiger charge is 2.32. The van der Waals surface area contributed by atoms with E-state index in [-0.39, 0.29) is 6.61 Å². The van der Waals surface area contributed by atoms with Gasteiger partial charge in [0.05, 0.1) is 12.1 Å². The van der Waals surface area contributed by atoms with Gasteiger partial charge in [-0.3, -0.25) is 0 Å². The van der Waals surface area contributed by atoms with Crippen LogP contribution in [-0.2, 0) is 5.54 Å². The van der Waals surface area contributed by atoms with Crippen LogP contribution in [0.15, 0.2) is 59.1 Å². The summed E-state index contributed by atoms with van der Waals surface area (Å²) in [6, 6.07) is 18.2. The van der Waals surface area contributed by atoms with Crippen molar-refractivity contribution < 1.29 is 5.11 Å². The number of anilines is 1. The molecule has 0 aromatic heterocycles. The molecule has 0 saturated carbocycles. The molecule has 2 aromatic rings. The van der Waals surface area contributed by atoms with Crippen molar-refractivity contribution in [1.82, 2.24) is 0 Å². The molecule has 2 rings (SSSR count). The van der Waals surface area contributed by atoms with Gasteiger partial charge < -0.3 is 10.4 Å². The number of rotatable bonds is 6. The Morgan fingerprint density at radius 2 is 1.67 bits per heavy atom. The summed E-state index contributed by atoms with van der Waals surface area (Å²) in [6.07, 6.45) is 0.856. The third-order valence-corrected chi connectivity index (χ3v) is 4.29. The standard InChI is InChI=1S/C18H22BrNO/c1-14(2)12-18(13-21,15-8-4-3-5-9-15)20-17-11-7-6-10-16(17)19/h3-11,14,20-21H,12-13H2,1-2H3. The molecule has 0 amide bonds. The van der Waals surface area contributed by atoms with E-state index in [4.69, 9.17) is 0 Å². The van der Waals surface area contributed by atoms with Crippen LogP contribution in [0.5, 0.6) is 0 Å². The lowest BCUT2D eigenvalue weighted by Crippen LogP contribution is -2.40. The number of aliphatic hydroxyl groups excluding tert-OH is 1. The van der Waals surface area contributed by atoms with Gasteiger partial charge >= 0.3 is 0 Å². The number of halogens is 1. The molecule has 0 fully saturated rings. The van der Waals surface area contributed by atoms with Gasteiger partial charge in [-0.15, -0.1) is 0 Å². The molecule has 0 aliphatic carbocycles. The Morgan fingerprint density at radius 3 is 2.24 bits per heavy atom. The molecule has 0 spiro atoms. The molecule has 0 aliphatic heterocycles. The number of nitrogens with one attached hydrogen (secondary N) is 1. The smallest absolute Gasteiger partial charge is 0.0859 e. The largest absolute Gasteiger partial charge is 0.394 e. The van der Waals surface area contributed by atoms with Crippen molar-refractivity contribution >= 4 is 21.6 Å². The predicted molar refractivity (Wildman–Crippen MR) is 92.4 cm³/mol. The van der Waals surface area contributed by atoms with Gasteiger partial charge in [-0.05, 0) is 46.0 Å². The fourth-order valence-corrected chi connectivity index (χ4v) is 3.09. The van der Waals surface area contributed by atoms with Crippen LogP contribution in [0.2, 0.25) is 0 Å². The molecule has 2 aromatic carbocycles. The van der Waals surface area contributed by atoms with Crippen LogP contribution in [0.3, 0.4) is 0 Å². The lowest BCUT2D eigenvalue weighted by Gasteiger charge is -2.36. The van der Waals surface area contributed by atoms with E-state index in [1.807, 2.05) is 42.5 Å². The van der Waals surface area contributed by atoms with Crippen LogP contribution in [-0.4, -0.2) is 11.7 Å². The van der Waals surface area contributed by atoms with Crippen LogP contribution in [0.25, 0.3) is 0 Å². The molecule has 3 heteroatoms. The Kier molecular flexibility index (Phi) is 5.43. The summed E-state index contributed by atoms with van der Waals surface area (Å²) in [5.74, 6) is 0.465. The van der Waals surface area contributed by atoms with E-state index in [0.29, 0.717) is 5.92 Å². The van der Waals surface area contributed by atoms with Gasteiger partial charge in [0.2, 0.25) is 0 Å². The molecule has 1 atom stereocenters. The first-order valence-corrected chi connectivity index (χ1v) is 8.06. The van der Waals surface area contributed by atoms with Gasteiger partial charge in [-0.1, -0.05) is 56.3 Å². The summed E-state index contributed by atoms with van der Waals surface area (Å²) < 4.78 is 1.00. The highest BCUT2D eigenvalue weighted by atomic mass is 79.9. The molecular weight excluding hydrogens is 326 g/mol. The second-order valence-corrected chi connectivity index (χ2v) is 6.66. The molecule has 2 nitrogen and oxygen atoms in total. The Bertz CT molecular complexity index is 570. The zero-order valence-corrected chi connectivity index (χ0v) is 14.1. The predicted octanol–water partition coefficient (Wildman–Crippen LogP) is 4.79. The van der Waals surface area contributed by atoms with E-state index < -0.39 is 5.54 Å². The zero-order chi connectivity index (χ0) is 15.3. The average Bonchev–Trinajstić information content (AvgIpc) is 2.49. The van der Waals surface area contributed by atoms with E-state index in [1.165, 1.54) is 0 Å². The number of benzene rings is 2. The summed E-state index contributed by atoms with van der Waals surface area (Å²) in [5, 5.41) is 13.7. The molecule has 2 N–H and O–H groups in total. The number of hydrogen-bond acceptors (Lipinski definition) is 2. The van der Waals surface area contributed by atoms with Crippen molar-refractivity contribution in [3.8, 4) is 0 Å². The minimum atomic E-state index is -0.473. The molecule has 0 aliphatic rings. The van der Waals surface area contributed by atoms with Crippen molar-refractivity contribution in [2.75, 3.05) is 11.9 Å². The molecule has 0 saturated heterocycles. The minimum absolute atomic E-state index is 0.0521. The molecule has 112 valence electrons. The van der Waals surface area contributed by atoms with Crippen molar-refractivity contribution in [1.29, 1.82) is 0 Å². The molecule has 0 bridgehead atoms. The van der Waals surface area contributed by atoms with Crippen LogP contribution in [0, 0.1) is 5.92 Å². The first-order chi connectivity index (χ1) is 10.1. The quantitative estimate of drug-likeness (QED) is 0.786. The summed E-state index contributed by atoms with van der Waals surface area (Å²) in [5.41, 5.74) is 1.63. The van der Waals surface area contributed by atoms with E-state index in [2.05, 4.69) is 47.2 Å². The maximum absolute atomic E-state index is 10.2. The lowest BCUT2D eigenvalue weighted by molar-refractivity contribution is 0.190. The van der Waals surface area contributed by atoms with E-state index in [0.717, 1.165) is 22.1 Å². The van der Waals surface area contributed by atoms with Crippen LogP contribution < -0.4 is 5.32 Å². The van der Waals surface area contributed by atoms with Gasteiger partial charge in [-0.25, -0.2) is 0 Å². The van der Waals surface area contributed by atoms with Gasteiger partial charge in [0.15, 0.2) is 0 Å². The van der Waals surface area contributed by atoms with Crippen molar-refractivity contribution in [3.63, 3.8) is 0 Å². The van der Waals surface area contributed by atoms with Gasteiger partial charge in [0, 0.05) is 10.2 Å². The zero-order valence-electron chi connectivity index (χ0n) is 12.5. The second-order valence-electron chi connectivity index (χ2n) is 5.81. The summed E-state index contributed by atoms with van der Waals surface area (Å²) in [7, 11) is 0. The second kappa shape index (κ2) is 7.10. The molecule has 0 heterocycles. The van der Waals surface area contributed by atoms with Gasteiger partial charge in [-0.2, -0.15) is 0 Å². The maximum Gasteiger partial charge on any atom is 0.0859 e. The number of para-hydroxylation sites is 1. The molecule has 21 heavy (non-hydrogen) atoms. The highest BCUT2D eigenvalue weighted by molar-refractivity contribution is 9.10. The van der Waals surface area contributed by atoms with Crippen molar-refractivity contribution in [2.24, 2.45) is 5.92 Å². The monoisotopic (exact) mass is 347 g/mol. The average molecular weight is 348 g/mol. The van der Waals surface area contributed by atoms with Crippen LogP contribution in [0.1, 0.15) is 25.8 Å². The Balaban J connectivity index is 2.43. The van der Waals surface area contributed by atoms with Gasteiger partial charge in [0.1, 0.15) is 0 Å². The minimum Gasteiger partial charge on any atom is -0.394 e. The first-order valence-electron chi connectivity index (χ1n) is 7.26. The molecular formula is C18H22BrNO. The summed E-state index contributed by atoms with van der Waals surface area (Å²) >= 11 is 3.57. The Morgan fingerprint density at radius 1 is 1.05 bits per heavy atom. The SMILES string of the molecule is CC(C)CC(CO)(Nc1ccccc1Br)c1ccccc1. The molecule has 0 radical (unpaired) electrons. The van der Waals surface area contributed by atoms with Crippen molar-refractivity contribution in [2.45, 2.75) is 25.8 Å². The summed E-state index contributed by atoms with van der Waals surface area (Å²) in [6.45, 7) is 4.40. The normalized spacial score (nSPS) is 14.0.